The average molecular weight is 369 g/mol. The molecule has 1 heterocycles. The summed E-state index contributed by atoms with van der Waals surface area (Å²) >= 11 is 7.33. The Hall–Kier alpha value is -1.63. The van der Waals surface area contributed by atoms with E-state index in [0.29, 0.717) is 30.5 Å². The molecule has 0 radical (unpaired) electrons. The molecule has 130 valence electrons. The van der Waals surface area contributed by atoms with Gasteiger partial charge < -0.3 is 9.84 Å². The quantitative estimate of drug-likeness (QED) is 0.700. The van der Waals surface area contributed by atoms with Crippen LogP contribution in [-0.2, 0) is 17.9 Å². The van der Waals surface area contributed by atoms with Gasteiger partial charge in [-0.2, -0.15) is 0 Å². The molecule has 1 aromatic heterocycles. The van der Waals surface area contributed by atoms with Gasteiger partial charge in [-0.15, -0.1) is 11.3 Å². The van der Waals surface area contributed by atoms with Crippen molar-refractivity contribution in [3.8, 4) is 5.75 Å². The molecule has 0 aliphatic carbocycles. The predicted octanol–water partition coefficient (Wildman–Crippen LogP) is 3.96. The highest BCUT2D eigenvalue weighted by Crippen LogP contribution is 2.18. The van der Waals surface area contributed by atoms with Gasteiger partial charge in [0.05, 0.1) is 5.69 Å². The third-order valence-electron chi connectivity index (χ3n) is 3.31. The number of rotatable bonds is 9. The number of aromatic nitrogens is 1. The topological polar surface area (TPSA) is 71.5 Å². The van der Waals surface area contributed by atoms with Crippen LogP contribution in [-0.4, -0.2) is 22.1 Å². The summed E-state index contributed by atoms with van der Waals surface area (Å²) in [6.07, 6.45) is 0.589. The number of ether oxygens (including phenoxy) is 1. The van der Waals surface area contributed by atoms with Crippen molar-refractivity contribution < 1.29 is 14.6 Å². The molecule has 0 aliphatic rings. The minimum absolute atomic E-state index is 0.317. The van der Waals surface area contributed by atoms with E-state index in [0.717, 1.165) is 16.5 Å². The van der Waals surface area contributed by atoms with Gasteiger partial charge in [0.1, 0.15) is 23.4 Å². The van der Waals surface area contributed by atoms with Crippen LogP contribution in [0.15, 0.2) is 29.6 Å². The highest BCUT2D eigenvalue weighted by molar-refractivity contribution is 7.09. The molecule has 0 amide bonds. The molecule has 24 heavy (non-hydrogen) atoms. The normalized spacial score (nSPS) is 12.3. The Kier molecular flexibility index (Phi) is 7.02. The summed E-state index contributed by atoms with van der Waals surface area (Å²) < 4.78 is 5.65. The van der Waals surface area contributed by atoms with Gasteiger partial charge in [-0.1, -0.05) is 25.4 Å². The Morgan fingerprint density at radius 3 is 2.71 bits per heavy atom. The van der Waals surface area contributed by atoms with Crippen LogP contribution >= 0.6 is 22.9 Å². The maximum Gasteiger partial charge on any atom is 0.320 e. The molecule has 0 saturated heterocycles. The summed E-state index contributed by atoms with van der Waals surface area (Å²) in [6.45, 7) is 4.82. The Labute approximate surface area is 150 Å². The first-order valence-corrected chi connectivity index (χ1v) is 8.97. The highest BCUT2D eigenvalue weighted by atomic mass is 35.5. The fourth-order valence-electron chi connectivity index (χ4n) is 2.14. The smallest absolute Gasteiger partial charge is 0.320 e. The average Bonchev–Trinajstić information content (AvgIpc) is 2.98. The molecule has 0 spiro atoms. The van der Waals surface area contributed by atoms with Gasteiger partial charge in [-0.05, 0) is 36.6 Å². The van der Waals surface area contributed by atoms with E-state index in [9.17, 15) is 9.90 Å². The fourth-order valence-corrected chi connectivity index (χ4v) is 2.97. The van der Waals surface area contributed by atoms with Crippen molar-refractivity contribution in [2.24, 2.45) is 5.92 Å². The lowest BCUT2D eigenvalue weighted by Gasteiger charge is -2.15. The Morgan fingerprint density at radius 2 is 2.08 bits per heavy atom. The molecule has 0 bridgehead atoms. The second kappa shape index (κ2) is 9.01. The van der Waals surface area contributed by atoms with Crippen molar-refractivity contribution in [1.82, 2.24) is 10.3 Å². The number of thiazole rings is 1. The van der Waals surface area contributed by atoms with Crippen molar-refractivity contribution in [1.29, 1.82) is 0 Å². The maximum atomic E-state index is 11.2. The second-order valence-corrected chi connectivity index (χ2v) is 7.26. The SMILES string of the molecule is CC(C)CC(NCc1csc(COc2ccc(Cl)cc2)n1)C(=O)O. The Bertz CT molecular complexity index is 658. The molecule has 2 N–H and O–H groups in total. The van der Waals surface area contributed by atoms with Gasteiger partial charge in [-0.25, -0.2) is 4.98 Å². The number of hydrogen-bond acceptors (Lipinski definition) is 5. The van der Waals surface area contributed by atoms with E-state index in [4.69, 9.17) is 16.3 Å². The number of carbonyl (C=O) groups is 1. The van der Waals surface area contributed by atoms with Crippen LogP contribution < -0.4 is 10.1 Å². The number of aliphatic carboxylic acids is 1. The van der Waals surface area contributed by atoms with Crippen molar-refractivity contribution in [3.05, 3.63) is 45.4 Å². The second-order valence-electron chi connectivity index (χ2n) is 5.88. The molecule has 7 heteroatoms. The van der Waals surface area contributed by atoms with E-state index < -0.39 is 12.0 Å². The summed E-state index contributed by atoms with van der Waals surface area (Å²) in [5, 5.41) is 15.7. The van der Waals surface area contributed by atoms with Crippen LogP contribution in [0.2, 0.25) is 5.02 Å². The molecule has 5 nitrogen and oxygen atoms in total. The van der Waals surface area contributed by atoms with E-state index >= 15 is 0 Å². The molecule has 2 rings (SSSR count). The number of carboxylic acids is 1. The molecular formula is C17H21ClN2O3S. The summed E-state index contributed by atoms with van der Waals surface area (Å²) in [5.74, 6) is 0.222. The zero-order chi connectivity index (χ0) is 17.5. The number of nitrogens with one attached hydrogen (secondary N) is 1. The number of hydrogen-bond donors (Lipinski definition) is 2. The Balaban J connectivity index is 1.83. The summed E-state index contributed by atoms with van der Waals surface area (Å²) in [4.78, 5) is 15.7. The van der Waals surface area contributed by atoms with Crippen LogP contribution in [0.3, 0.4) is 0 Å². The standard InChI is InChI=1S/C17H21ClN2O3S/c1-11(2)7-15(17(21)22)19-8-13-10-24-16(20-13)9-23-14-5-3-12(18)4-6-14/h3-6,10-11,15,19H,7-9H2,1-2H3,(H,21,22). The lowest BCUT2D eigenvalue weighted by molar-refractivity contribution is -0.140. The van der Waals surface area contributed by atoms with E-state index in [2.05, 4.69) is 10.3 Å². The van der Waals surface area contributed by atoms with Crippen LogP contribution in [0.5, 0.6) is 5.75 Å². The van der Waals surface area contributed by atoms with Gasteiger partial charge in [0, 0.05) is 16.9 Å². The molecule has 1 atom stereocenters. The van der Waals surface area contributed by atoms with Crippen molar-refractivity contribution in [2.75, 3.05) is 0 Å². The monoisotopic (exact) mass is 368 g/mol. The third-order valence-corrected chi connectivity index (χ3v) is 4.43. The summed E-state index contributed by atoms with van der Waals surface area (Å²) in [5.41, 5.74) is 0.824. The van der Waals surface area contributed by atoms with E-state index in [1.165, 1.54) is 11.3 Å². The van der Waals surface area contributed by atoms with Crippen LogP contribution in [0.25, 0.3) is 0 Å². The molecule has 1 aromatic carbocycles. The third kappa shape index (κ3) is 6.11. The molecule has 0 saturated carbocycles. The molecule has 0 fully saturated rings. The van der Waals surface area contributed by atoms with Gasteiger partial charge in [0.25, 0.3) is 0 Å². The largest absolute Gasteiger partial charge is 0.486 e. The maximum absolute atomic E-state index is 11.2. The Morgan fingerprint density at radius 1 is 1.38 bits per heavy atom. The van der Waals surface area contributed by atoms with Gasteiger partial charge >= 0.3 is 5.97 Å². The van der Waals surface area contributed by atoms with Crippen molar-refractivity contribution in [2.45, 2.75) is 39.5 Å². The zero-order valence-electron chi connectivity index (χ0n) is 13.7. The van der Waals surface area contributed by atoms with Gasteiger partial charge in [-0.3, -0.25) is 10.1 Å². The number of carboxylic acid groups (broad SMARTS) is 1. The number of nitrogens with zero attached hydrogens (tertiary/aromatic N) is 1. The van der Waals surface area contributed by atoms with E-state index in [1.54, 1.807) is 12.1 Å². The van der Waals surface area contributed by atoms with Gasteiger partial charge in [0.15, 0.2) is 0 Å². The van der Waals surface area contributed by atoms with Gasteiger partial charge in [0.2, 0.25) is 0 Å². The predicted molar refractivity (Wildman–Crippen MR) is 95.6 cm³/mol. The van der Waals surface area contributed by atoms with Crippen LogP contribution in [0.4, 0.5) is 0 Å². The molecule has 2 aromatic rings. The van der Waals surface area contributed by atoms with Crippen LogP contribution in [0.1, 0.15) is 31.0 Å². The van der Waals surface area contributed by atoms with Crippen molar-refractivity contribution >= 4 is 28.9 Å². The number of benzene rings is 1. The lowest BCUT2D eigenvalue weighted by atomic mass is 10.0. The zero-order valence-corrected chi connectivity index (χ0v) is 15.2. The first-order chi connectivity index (χ1) is 11.4. The van der Waals surface area contributed by atoms with Crippen molar-refractivity contribution in [3.63, 3.8) is 0 Å². The highest BCUT2D eigenvalue weighted by Gasteiger charge is 2.18. The molecular weight excluding hydrogens is 348 g/mol. The molecule has 1 unspecified atom stereocenters. The molecule has 0 aliphatic heterocycles. The van der Waals surface area contributed by atoms with Crippen LogP contribution in [0, 0.1) is 5.92 Å². The minimum atomic E-state index is -0.828. The first-order valence-electron chi connectivity index (χ1n) is 7.72. The summed E-state index contributed by atoms with van der Waals surface area (Å²) in [6, 6.07) is 6.60. The van der Waals surface area contributed by atoms with E-state index in [-0.39, 0.29) is 0 Å². The lowest BCUT2D eigenvalue weighted by Crippen LogP contribution is -2.37. The minimum Gasteiger partial charge on any atom is -0.486 e. The number of halogens is 1. The fraction of sp³-hybridized carbons (Fsp3) is 0.412. The summed E-state index contributed by atoms with van der Waals surface area (Å²) in [7, 11) is 0. The van der Waals surface area contributed by atoms with E-state index in [1.807, 2.05) is 31.4 Å². The first kappa shape index (κ1) is 18.7.